The minimum absolute atomic E-state index is 0.0614. The van der Waals surface area contributed by atoms with Gasteiger partial charge in [0.15, 0.2) is 0 Å². The lowest BCUT2D eigenvalue weighted by atomic mass is 10.1. The lowest BCUT2D eigenvalue weighted by Gasteiger charge is -2.09. The van der Waals surface area contributed by atoms with Crippen molar-refractivity contribution in [2.75, 3.05) is 0 Å². The van der Waals surface area contributed by atoms with Crippen LogP contribution >= 0.6 is 0 Å². The smallest absolute Gasteiger partial charge is 0.416 e. The van der Waals surface area contributed by atoms with Gasteiger partial charge in [-0.2, -0.15) is 18.3 Å². The zero-order chi connectivity index (χ0) is 18.4. The molecule has 2 rings (SSSR count). The third-order valence-corrected chi connectivity index (χ3v) is 3.08. The largest absolute Gasteiger partial charge is 0.491 e. The number of hydrazone groups is 1. The van der Waals surface area contributed by atoms with Crippen LogP contribution in [0.1, 0.15) is 35.3 Å². The quantitative estimate of drug-likeness (QED) is 0.647. The molecule has 25 heavy (non-hydrogen) atoms. The maximum atomic E-state index is 12.6. The highest BCUT2D eigenvalue weighted by molar-refractivity contribution is 5.95. The number of carbonyl (C=O) groups excluding carboxylic acids is 1. The summed E-state index contributed by atoms with van der Waals surface area (Å²) in [7, 11) is 0. The predicted molar refractivity (Wildman–Crippen MR) is 88.7 cm³/mol. The summed E-state index contributed by atoms with van der Waals surface area (Å²) in [5, 5.41) is 3.75. The van der Waals surface area contributed by atoms with Crippen molar-refractivity contribution in [2.24, 2.45) is 5.10 Å². The first-order valence-electron chi connectivity index (χ1n) is 7.53. The lowest BCUT2D eigenvalue weighted by molar-refractivity contribution is -0.137. The maximum Gasteiger partial charge on any atom is 0.416 e. The molecule has 0 saturated heterocycles. The van der Waals surface area contributed by atoms with E-state index in [0.29, 0.717) is 11.3 Å². The fraction of sp³-hybridized carbons (Fsp3) is 0.222. The van der Waals surface area contributed by atoms with Gasteiger partial charge in [0.25, 0.3) is 5.91 Å². The number of nitrogens with zero attached hydrogens (tertiary/aromatic N) is 1. The molecule has 0 aromatic heterocycles. The van der Waals surface area contributed by atoms with Gasteiger partial charge in [0.2, 0.25) is 0 Å². The summed E-state index contributed by atoms with van der Waals surface area (Å²) in [6.45, 7) is 3.83. The third-order valence-electron chi connectivity index (χ3n) is 3.08. The van der Waals surface area contributed by atoms with Gasteiger partial charge in [0, 0.05) is 5.56 Å². The van der Waals surface area contributed by atoms with Gasteiger partial charge in [0.05, 0.1) is 17.9 Å². The molecule has 0 bridgehead atoms. The average Bonchev–Trinajstić information content (AvgIpc) is 2.55. The number of carbonyl (C=O) groups is 1. The molecule has 0 atom stereocenters. The Balaban J connectivity index is 1.98. The van der Waals surface area contributed by atoms with Crippen molar-refractivity contribution < 1.29 is 22.7 Å². The second-order valence-electron chi connectivity index (χ2n) is 5.51. The Labute approximate surface area is 143 Å². The molecular formula is C18H17F3N2O2. The van der Waals surface area contributed by atoms with Crippen LogP contribution in [0.3, 0.4) is 0 Å². The van der Waals surface area contributed by atoms with Gasteiger partial charge in [-0.15, -0.1) is 0 Å². The van der Waals surface area contributed by atoms with E-state index in [2.05, 4.69) is 10.5 Å². The van der Waals surface area contributed by atoms with Crippen molar-refractivity contribution in [1.82, 2.24) is 5.43 Å². The van der Waals surface area contributed by atoms with Gasteiger partial charge in [-0.05, 0) is 61.9 Å². The van der Waals surface area contributed by atoms with E-state index >= 15 is 0 Å². The fourth-order valence-electron chi connectivity index (χ4n) is 1.97. The van der Waals surface area contributed by atoms with E-state index in [0.717, 1.165) is 12.1 Å². The van der Waals surface area contributed by atoms with E-state index in [-0.39, 0.29) is 11.7 Å². The van der Waals surface area contributed by atoms with Crippen LogP contribution in [0.25, 0.3) is 0 Å². The maximum absolute atomic E-state index is 12.6. The average molecular weight is 350 g/mol. The molecular weight excluding hydrogens is 333 g/mol. The van der Waals surface area contributed by atoms with Crippen molar-refractivity contribution in [1.29, 1.82) is 0 Å². The summed E-state index contributed by atoms with van der Waals surface area (Å²) in [5.41, 5.74) is 1.91. The summed E-state index contributed by atoms with van der Waals surface area (Å²) >= 11 is 0. The van der Waals surface area contributed by atoms with Crippen LogP contribution in [0.5, 0.6) is 5.75 Å². The summed E-state index contributed by atoms with van der Waals surface area (Å²) in [6, 6.07) is 11.2. The van der Waals surface area contributed by atoms with Crippen LogP contribution in [-0.2, 0) is 6.18 Å². The molecule has 2 aromatic rings. The Bertz CT molecular complexity index is 754. The zero-order valence-electron chi connectivity index (χ0n) is 13.7. The molecule has 0 aliphatic heterocycles. The van der Waals surface area contributed by atoms with Gasteiger partial charge in [-0.25, -0.2) is 5.43 Å². The van der Waals surface area contributed by atoms with Crippen molar-refractivity contribution in [3.63, 3.8) is 0 Å². The normalized spacial score (nSPS) is 11.8. The van der Waals surface area contributed by atoms with Gasteiger partial charge >= 0.3 is 6.18 Å². The van der Waals surface area contributed by atoms with Crippen LogP contribution in [0.15, 0.2) is 53.6 Å². The number of hydrogen-bond donors (Lipinski definition) is 1. The highest BCUT2D eigenvalue weighted by Crippen LogP contribution is 2.29. The molecule has 0 radical (unpaired) electrons. The predicted octanol–water partition coefficient (Wildman–Crippen LogP) is 4.26. The van der Waals surface area contributed by atoms with E-state index in [9.17, 15) is 18.0 Å². The highest BCUT2D eigenvalue weighted by Gasteiger charge is 2.30. The number of amides is 1. The molecule has 0 aliphatic carbocycles. The Morgan fingerprint density at radius 2 is 1.84 bits per heavy atom. The van der Waals surface area contributed by atoms with Crippen LogP contribution in [-0.4, -0.2) is 18.2 Å². The van der Waals surface area contributed by atoms with E-state index < -0.39 is 17.6 Å². The summed E-state index contributed by atoms with van der Waals surface area (Å²) in [4.78, 5) is 11.9. The second kappa shape index (κ2) is 7.83. The molecule has 4 nitrogen and oxygen atoms in total. The third kappa shape index (κ3) is 5.63. The first-order chi connectivity index (χ1) is 11.8. The van der Waals surface area contributed by atoms with Crippen molar-refractivity contribution in [2.45, 2.75) is 26.1 Å². The van der Waals surface area contributed by atoms with Gasteiger partial charge < -0.3 is 4.74 Å². The molecule has 132 valence electrons. The van der Waals surface area contributed by atoms with E-state index in [4.69, 9.17) is 4.74 Å². The van der Waals surface area contributed by atoms with Crippen LogP contribution in [0.4, 0.5) is 13.2 Å². The molecule has 1 N–H and O–H groups in total. The van der Waals surface area contributed by atoms with Gasteiger partial charge in [-0.1, -0.05) is 6.07 Å². The molecule has 0 unspecified atom stereocenters. The van der Waals surface area contributed by atoms with Crippen molar-refractivity contribution in [3.8, 4) is 5.75 Å². The van der Waals surface area contributed by atoms with E-state index in [1.54, 1.807) is 24.3 Å². The number of nitrogens with one attached hydrogen (secondary N) is 1. The standard InChI is InChI=1S/C18H17F3N2O2/c1-12(2)25-16-8-6-13(7-9-16)11-22-23-17(24)14-4-3-5-15(10-14)18(19,20)21/h3-12H,1-2H3,(H,23,24)/b22-11-. The number of benzene rings is 2. The van der Waals surface area contributed by atoms with Crippen molar-refractivity contribution >= 4 is 12.1 Å². The van der Waals surface area contributed by atoms with E-state index in [1.165, 1.54) is 18.3 Å². The topological polar surface area (TPSA) is 50.7 Å². The van der Waals surface area contributed by atoms with Gasteiger partial charge in [-0.3, -0.25) is 4.79 Å². The Morgan fingerprint density at radius 3 is 2.44 bits per heavy atom. The second-order valence-corrected chi connectivity index (χ2v) is 5.51. The number of hydrogen-bond acceptors (Lipinski definition) is 3. The number of rotatable bonds is 5. The highest BCUT2D eigenvalue weighted by atomic mass is 19.4. The number of halogens is 3. The fourth-order valence-corrected chi connectivity index (χ4v) is 1.97. The van der Waals surface area contributed by atoms with E-state index in [1.807, 2.05) is 13.8 Å². The molecule has 2 aromatic carbocycles. The minimum Gasteiger partial charge on any atom is -0.491 e. The van der Waals surface area contributed by atoms with Crippen LogP contribution in [0.2, 0.25) is 0 Å². The zero-order valence-corrected chi connectivity index (χ0v) is 13.7. The molecule has 0 spiro atoms. The molecule has 1 amide bonds. The lowest BCUT2D eigenvalue weighted by Crippen LogP contribution is -2.18. The summed E-state index contributed by atoms with van der Waals surface area (Å²) in [6.07, 6.45) is -3.05. The Hall–Kier alpha value is -2.83. The molecule has 0 heterocycles. The van der Waals surface area contributed by atoms with Gasteiger partial charge in [0.1, 0.15) is 5.75 Å². The molecule has 0 saturated carbocycles. The van der Waals surface area contributed by atoms with Crippen LogP contribution < -0.4 is 10.2 Å². The first-order valence-corrected chi connectivity index (χ1v) is 7.53. The Morgan fingerprint density at radius 1 is 1.16 bits per heavy atom. The molecule has 0 fully saturated rings. The monoisotopic (exact) mass is 350 g/mol. The molecule has 7 heteroatoms. The summed E-state index contributed by atoms with van der Waals surface area (Å²) < 4.78 is 43.4. The number of alkyl halides is 3. The minimum atomic E-state index is -4.50. The SMILES string of the molecule is CC(C)Oc1ccc(/C=N\NC(=O)c2cccc(C(F)(F)F)c2)cc1. The Kier molecular flexibility index (Phi) is 5.80. The summed E-state index contributed by atoms with van der Waals surface area (Å²) in [5.74, 6) is -0.0118. The first kappa shape index (κ1) is 18.5. The van der Waals surface area contributed by atoms with Crippen molar-refractivity contribution in [3.05, 3.63) is 65.2 Å². The number of ether oxygens (including phenoxy) is 1. The van der Waals surface area contributed by atoms with Crippen LogP contribution in [0, 0.1) is 0 Å². The molecule has 0 aliphatic rings.